The van der Waals surface area contributed by atoms with Crippen LogP contribution in [-0.4, -0.2) is 16.6 Å². The summed E-state index contributed by atoms with van der Waals surface area (Å²) in [7, 11) is 0. The van der Waals surface area contributed by atoms with E-state index < -0.39 is 5.82 Å². The molecule has 1 N–H and O–H groups in total. The van der Waals surface area contributed by atoms with E-state index in [4.69, 9.17) is 0 Å². The van der Waals surface area contributed by atoms with Crippen molar-refractivity contribution >= 4 is 23.0 Å². The Labute approximate surface area is 153 Å². The molecule has 0 unspecified atom stereocenters. The topological polar surface area (TPSA) is 54.4 Å². The third-order valence-corrected chi connectivity index (χ3v) is 4.54. The molecule has 7 heteroatoms. The molecular formula is C19H15F2N3OS. The fraction of sp³-hybridized carbons (Fsp3) is 0.105. The van der Waals surface area contributed by atoms with Gasteiger partial charge >= 0.3 is 0 Å². The second-order valence-electron chi connectivity index (χ2n) is 5.54. The lowest BCUT2D eigenvalue weighted by atomic mass is 10.1. The first-order valence-corrected chi connectivity index (χ1v) is 8.69. The summed E-state index contributed by atoms with van der Waals surface area (Å²) in [4.78, 5) is 16.4. The predicted octanol–water partition coefficient (Wildman–Crippen LogP) is 4.17. The molecule has 1 aromatic heterocycles. The highest BCUT2D eigenvalue weighted by Gasteiger charge is 2.10. The number of hydrogen-bond donors (Lipinski definition) is 1. The van der Waals surface area contributed by atoms with Crippen molar-refractivity contribution in [3.05, 3.63) is 76.8 Å². The fourth-order valence-corrected chi connectivity index (χ4v) is 3.10. The summed E-state index contributed by atoms with van der Waals surface area (Å²) in [5.41, 5.74) is 4.50. The first-order chi connectivity index (χ1) is 12.5. The Hall–Kier alpha value is -2.93. The van der Waals surface area contributed by atoms with E-state index in [0.29, 0.717) is 22.0 Å². The Morgan fingerprint density at radius 2 is 1.88 bits per heavy atom. The highest BCUT2D eigenvalue weighted by Crippen LogP contribution is 2.24. The van der Waals surface area contributed by atoms with Gasteiger partial charge in [0.2, 0.25) is 5.91 Å². The molecule has 1 heterocycles. The van der Waals surface area contributed by atoms with E-state index in [-0.39, 0.29) is 18.1 Å². The quantitative estimate of drug-likeness (QED) is 0.541. The van der Waals surface area contributed by atoms with Gasteiger partial charge in [0.15, 0.2) is 0 Å². The van der Waals surface area contributed by atoms with E-state index in [1.165, 1.54) is 29.5 Å². The van der Waals surface area contributed by atoms with Crippen LogP contribution >= 0.6 is 11.3 Å². The third-order valence-electron chi connectivity index (χ3n) is 3.60. The highest BCUT2D eigenvalue weighted by atomic mass is 32.1. The summed E-state index contributed by atoms with van der Waals surface area (Å²) < 4.78 is 26.6. The van der Waals surface area contributed by atoms with Crippen molar-refractivity contribution in [1.82, 2.24) is 10.4 Å². The Balaban J connectivity index is 1.63. The van der Waals surface area contributed by atoms with Gasteiger partial charge in [0, 0.05) is 16.5 Å². The van der Waals surface area contributed by atoms with E-state index in [0.717, 1.165) is 5.56 Å². The zero-order chi connectivity index (χ0) is 18.5. The molecule has 0 saturated heterocycles. The van der Waals surface area contributed by atoms with Crippen LogP contribution < -0.4 is 5.43 Å². The number of nitrogens with zero attached hydrogens (tertiary/aromatic N) is 2. The van der Waals surface area contributed by atoms with Gasteiger partial charge in [-0.05, 0) is 37.3 Å². The number of carbonyl (C=O) groups excluding carboxylic acids is 1. The second kappa shape index (κ2) is 7.97. The summed E-state index contributed by atoms with van der Waals surface area (Å²) in [6.07, 6.45) is 0.0474. The molecule has 1 amide bonds. The molecule has 132 valence electrons. The monoisotopic (exact) mass is 371 g/mol. The summed E-state index contributed by atoms with van der Waals surface area (Å²) in [5, 5.41) is 6.41. The molecule has 0 radical (unpaired) electrons. The molecule has 0 aliphatic rings. The molecule has 0 bridgehead atoms. The number of hydrogen-bond acceptors (Lipinski definition) is 4. The van der Waals surface area contributed by atoms with Crippen molar-refractivity contribution in [3.63, 3.8) is 0 Å². The van der Waals surface area contributed by atoms with Crippen molar-refractivity contribution < 1.29 is 13.6 Å². The Bertz CT molecular complexity index is 951. The van der Waals surface area contributed by atoms with E-state index in [1.807, 2.05) is 0 Å². The minimum absolute atomic E-state index is 0.0474. The zero-order valence-electron chi connectivity index (χ0n) is 13.9. The maximum atomic E-state index is 13.7. The Kier molecular flexibility index (Phi) is 5.48. The van der Waals surface area contributed by atoms with Crippen LogP contribution in [-0.2, 0) is 11.2 Å². The van der Waals surface area contributed by atoms with Crippen molar-refractivity contribution in [2.75, 3.05) is 0 Å². The summed E-state index contributed by atoms with van der Waals surface area (Å²) in [6, 6.07) is 12.2. The van der Waals surface area contributed by atoms with E-state index in [1.54, 1.807) is 42.6 Å². The van der Waals surface area contributed by atoms with Crippen molar-refractivity contribution in [2.24, 2.45) is 5.10 Å². The van der Waals surface area contributed by atoms with E-state index >= 15 is 0 Å². The number of rotatable bonds is 5. The van der Waals surface area contributed by atoms with Crippen LogP contribution in [0.15, 0.2) is 59.0 Å². The van der Waals surface area contributed by atoms with Gasteiger partial charge in [-0.25, -0.2) is 19.2 Å². The van der Waals surface area contributed by atoms with Crippen LogP contribution in [0, 0.1) is 11.6 Å². The number of halogens is 2. The van der Waals surface area contributed by atoms with Crippen molar-refractivity contribution in [1.29, 1.82) is 0 Å². The number of amides is 1. The number of nitrogens with one attached hydrogen (secondary N) is 1. The Morgan fingerprint density at radius 1 is 1.15 bits per heavy atom. The van der Waals surface area contributed by atoms with Crippen molar-refractivity contribution in [3.8, 4) is 10.6 Å². The first-order valence-electron chi connectivity index (χ1n) is 7.81. The number of benzene rings is 2. The van der Waals surface area contributed by atoms with Crippen molar-refractivity contribution in [2.45, 2.75) is 13.3 Å². The van der Waals surface area contributed by atoms with Gasteiger partial charge in [0.1, 0.15) is 16.6 Å². The second-order valence-corrected chi connectivity index (χ2v) is 6.40. The van der Waals surface area contributed by atoms with Gasteiger partial charge < -0.3 is 0 Å². The van der Waals surface area contributed by atoms with Gasteiger partial charge in [-0.15, -0.1) is 11.3 Å². The van der Waals surface area contributed by atoms with Crippen LogP contribution in [0.3, 0.4) is 0 Å². The van der Waals surface area contributed by atoms with Crippen LogP contribution in [0.2, 0.25) is 0 Å². The predicted molar refractivity (Wildman–Crippen MR) is 98.0 cm³/mol. The lowest BCUT2D eigenvalue weighted by Gasteiger charge is -2.03. The first kappa shape index (κ1) is 17.9. The SMILES string of the molecule is C/C(=N/NC(=O)Cc1csc(-c2ccc(F)cc2)n1)c1ccccc1F. The summed E-state index contributed by atoms with van der Waals surface area (Å²) >= 11 is 1.37. The largest absolute Gasteiger partial charge is 0.273 e. The van der Waals surface area contributed by atoms with Gasteiger partial charge in [0.25, 0.3) is 0 Å². The standard InChI is InChI=1S/C19H15F2N3OS/c1-12(16-4-2-3-5-17(16)21)23-24-18(25)10-15-11-26-19(22-15)13-6-8-14(20)9-7-13/h2-9,11H,10H2,1H3,(H,24,25)/b23-12-. The molecule has 0 aliphatic heterocycles. The lowest BCUT2D eigenvalue weighted by Crippen LogP contribution is -2.21. The molecule has 2 aromatic carbocycles. The minimum Gasteiger partial charge on any atom is -0.273 e. The molecule has 26 heavy (non-hydrogen) atoms. The maximum Gasteiger partial charge on any atom is 0.246 e. The number of thiazole rings is 1. The minimum atomic E-state index is -0.397. The molecule has 0 atom stereocenters. The number of aromatic nitrogens is 1. The summed E-state index contributed by atoms with van der Waals surface area (Å²) in [5.74, 6) is -1.06. The van der Waals surface area contributed by atoms with Gasteiger partial charge in [0.05, 0.1) is 17.8 Å². The highest BCUT2D eigenvalue weighted by molar-refractivity contribution is 7.13. The molecule has 0 fully saturated rings. The molecule has 4 nitrogen and oxygen atoms in total. The van der Waals surface area contributed by atoms with Gasteiger partial charge in [-0.3, -0.25) is 4.79 Å². The third kappa shape index (κ3) is 4.37. The normalized spacial score (nSPS) is 11.4. The maximum absolute atomic E-state index is 13.7. The van der Waals surface area contributed by atoms with Crippen LogP contribution in [0.5, 0.6) is 0 Å². The average Bonchev–Trinajstić information content (AvgIpc) is 3.09. The molecular weight excluding hydrogens is 356 g/mol. The average molecular weight is 371 g/mol. The molecule has 3 aromatic rings. The number of hydrazone groups is 1. The molecule has 0 aliphatic carbocycles. The van der Waals surface area contributed by atoms with E-state index in [9.17, 15) is 13.6 Å². The smallest absolute Gasteiger partial charge is 0.246 e. The fourth-order valence-electron chi connectivity index (χ4n) is 2.28. The zero-order valence-corrected chi connectivity index (χ0v) is 14.7. The Morgan fingerprint density at radius 3 is 2.62 bits per heavy atom. The molecule has 0 spiro atoms. The molecule has 3 rings (SSSR count). The van der Waals surface area contributed by atoms with Crippen LogP contribution in [0.4, 0.5) is 8.78 Å². The lowest BCUT2D eigenvalue weighted by molar-refractivity contribution is -0.120. The van der Waals surface area contributed by atoms with Crippen LogP contribution in [0.25, 0.3) is 10.6 Å². The number of carbonyl (C=O) groups is 1. The van der Waals surface area contributed by atoms with Gasteiger partial charge in [-0.1, -0.05) is 18.2 Å². The molecule has 0 saturated carbocycles. The van der Waals surface area contributed by atoms with Gasteiger partial charge in [-0.2, -0.15) is 5.10 Å². The summed E-state index contributed by atoms with van der Waals surface area (Å²) in [6.45, 7) is 1.62. The van der Waals surface area contributed by atoms with E-state index in [2.05, 4.69) is 15.5 Å². The van der Waals surface area contributed by atoms with Crippen LogP contribution in [0.1, 0.15) is 18.2 Å².